The molecule has 0 fully saturated rings. The Bertz CT molecular complexity index is 451. The molecule has 0 aromatic carbocycles. The van der Waals surface area contributed by atoms with Crippen LogP contribution in [0.1, 0.15) is 10.5 Å². The normalized spacial score (nSPS) is 10.0. The van der Waals surface area contributed by atoms with E-state index in [1.54, 1.807) is 24.5 Å². The summed E-state index contributed by atoms with van der Waals surface area (Å²) in [5.74, 6) is -1.10. The van der Waals surface area contributed by atoms with E-state index in [1.807, 2.05) is 0 Å². The third kappa shape index (κ3) is 1.45. The fourth-order valence-electron chi connectivity index (χ4n) is 0.977. The zero-order valence-corrected chi connectivity index (χ0v) is 7.03. The zero-order chi connectivity index (χ0) is 9.97. The number of hydrogen-bond donors (Lipinski definition) is 1. The predicted molar refractivity (Wildman–Crippen MR) is 46.1 cm³/mol. The van der Waals surface area contributed by atoms with Gasteiger partial charge in [0.25, 0.3) is 0 Å². The van der Waals surface area contributed by atoms with E-state index in [0.29, 0.717) is 5.69 Å². The lowest BCUT2D eigenvalue weighted by molar-refractivity contribution is 0.0690. The maximum Gasteiger partial charge on any atom is 0.358 e. The van der Waals surface area contributed by atoms with Gasteiger partial charge in [-0.05, 0) is 12.1 Å². The minimum atomic E-state index is -1.10. The minimum absolute atomic E-state index is 0.0890. The largest absolute Gasteiger partial charge is 0.476 e. The van der Waals surface area contributed by atoms with Gasteiger partial charge < -0.3 is 5.11 Å². The number of nitrogens with zero attached hydrogens (tertiary/aromatic N) is 4. The van der Waals surface area contributed by atoms with Crippen molar-refractivity contribution in [2.75, 3.05) is 0 Å². The van der Waals surface area contributed by atoms with Crippen molar-refractivity contribution in [1.82, 2.24) is 20.0 Å². The Morgan fingerprint density at radius 2 is 2.36 bits per heavy atom. The van der Waals surface area contributed by atoms with Crippen molar-refractivity contribution in [2.45, 2.75) is 0 Å². The Morgan fingerprint density at radius 3 is 2.93 bits per heavy atom. The number of aromatic nitrogens is 4. The van der Waals surface area contributed by atoms with Crippen molar-refractivity contribution in [3.8, 4) is 5.69 Å². The highest BCUT2D eigenvalue weighted by Crippen LogP contribution is 2.03. The summed E-state index contributed by atoms with van der Waals surface area (Å²) in [6.45, 7) is 0. The number of carboxylic acid groups (broad SMARTS) is 1. The van der Waals surface area contributed by atoms with Crippen molar-refractivity contribution >= 4 is 5.97 Å². The average Bonchev–Trinajstić information content (AvgIpc) is 2.68. The molecule has 2 heterocycles. The number of aromatic carboxylic acids is 1. The molecular weight excluding hydrogens is 184 g/mol. The summed E-state index contributed by atoms with van der Waals surface area (Å²) in [5, 5.41) is 15.7. The van der Waals surface area contributed by atoms with Gasteiger partial charge in [-0.1, -0.05) is 5.21 Å². The molecular formula is C8H6N4O2. The third-order valence-electron chi connectivity index (χ3n) is 1.62. The van der Waals surface area contributed by atoms with Crippen LogP contribution < -0.4 is 0 Å². The molecule has 0 saturated carbocycles. The lowest BCUT2D eigenvalue weighted by Crippen LogP contribution is -1.96. The first kappa shape index (κ1) is 8.36. The van der Waals surface area contributed by atoms with Crippen LogP contribution in [0.3, 0.4) is 0 Å². The molecule has 70 valence electrons. The second-order valence-corrected chi connectivity index (χ2v) is 2.56. The van der Waals surface area contributed by atoms with Gasteiger partial charge in [-0.25, -0.2) is 9.48 Å². The molecule has 14 heavy (non-hydrogen) atoms. The van der Waals surface area contributed by atoms with E-state index in [0.717, 1.165) is 0 Å². The molecule has 0 aliphatic carbocycles. The average molecular weight is 190 g/mol. The van der Waals surface area contributed by atoms with Gasteiger partial charge in [-0.15, -0.1) is 5.10 Å². The highest BCUT2D eigenvalue weighted by molar-refractivity contribution is 5.84. The molecule has 0 aliphatic rings. The van der Waals surface area contributed by atoms with E-state index in [2.05, 4.69) is 15.3 Å². The summed E-state index contributed by atoms with van der Waals surface area (Å²) >= 11 is 0. The van der Waals surface area contributed by atoms with Crippen LogP contribution in [0.4, 0.5) is 0 Å². The first-order valence-corrected chi connectivity index (χ1v) is 3.83. The van der Waals surface area contributed by atoms with Gasteiger partial charge in [0.2, 0.25) is 0 Å². The van der Waals surface area contributed by atoms with Crippen LogP contribution in [0.25, 0.3) is 5.69 Å². The molecule has 2 aromatic heterocycles. The van der Waals surface area contributed by atoms with E-state index in [9.17, 15) is 4.79 Å². The highest BCUT2D eigenvalue weighted by Gasteiger charge is 2.08. The summed E-state index contributed by atoms with van der Waals surface area (Å²) in [4.78, 5) is 14.4. The zero-order valence-electron chi connectivity index (χ0n) is 7.03. The number of rotatable bonds is 2. The summed E-state index contributed by atoms with van der Waals surface area (Å²) in [7, 11) is 0. The number of carbonyl (C=O) groups is 1. The lowest BCUT2D eigenvalue weighted by atomic mass is 10.4. The van der Waals surface area contributed by atoms with Crippen LogP contribution >= 0.6 is 0 Å². The summed E-state index contributed by atoms with van der Waals surface area (Å²) < 4.78 is 1.36. The van der Waals surface area contributed by atoms with Crippen molar-refractivity contribution in [3.05, 3.63) is 36.4 Å². The van der Waals surface area contributed by atoms with Crippen LogP contribution in [-0.2, 0) is 0 Å². The van der Waals surface area contributed by atoms with Gasteiger partial charge in [0.1, 0.15) is 0 Å². The Hall–Kier alpha value is -2.24. The van der Waals surface area contributed by atoms with E-state index in [-0.39, 0.29) is 5.69 Å². The van der Waals surface area contributed by atoms with E-state index in [4.69, 9.17) is 5.11 Å². The third-order valence-corrected chi connectivity index (χ3v) is 1.62. The predicted octanol–water partition coefficient (Wildman–Crippen LogP) is 0.360. The first-order valence-electron chi connectivity index (χ1n) is 3.83. The Balaban J connectivity index is 2.39. The fraction of sp³-hybridized carbons (Fsp3) is 0. The topological polar surface area (TPSA) is 80.9 Å². The van der Waals surface area contributed by atoms with Crippen LogP contribution in [0, 0.1) is 0 Å². The van der Waals surface area contributed by atoms with E-state index in [1.165, 1.54) is 10.9 Å². The molecule has 0 radical (unpaired) electrons. The highest BCUT2D eigenvalue weighted by atomic mass is 16.4. The molecule has 0 unspecified atom stereocenters. The van der Waals surface area contributed by atoms with Crippen LogP contribution in [-0.4, -0.2) is 31.1 Å². The fourth-order valence-corrected chi connectivity index (χ4v) is 0.977. The number of pyridine rings is 1. The van der Waals surface area contributed by atoms with Gasteiger partial charge in [0.15, 0.2) is 5.69 Å². The maximum atomic E-state index is 10.5. The summed E-state index contributed by atoms with van der Waals surface area (Å²) in [6, 6.07) is 3.49. The number of hydrogen-bond acceptors (Lipinski definition) is 4. The quantitative estimate of drug-likeness (QED) is 0.739. The summed E-state index contributed by atoms with van der Waals surface area (Å²) in [5.41, 5.74) is 0.585. The smallest absolute Gasteiger partial charge is 0.358 e. The van der Waals surface area contributed by atoms with Crippen molar-refractivity contribution in [3.63, 3.8) is 0 Å². The van der Waals surface area contributed by atoms with Gasteiger partial charge in [0.05, 0.1) is 18.1 Å². The molecule has 0 spiro atoms. The van der Waals surface area contributed by atoms with E-state index < -0.39 is 5.97 Å². The molecule has 0 bridgehead atoms. The van der Waals surface area contributed by atoms with Crippen LogP contribution in [0.2, 0.25) is 0 Å². The monoisotopic (exact) mass is 190 g/mol. The summed E-state index contributed by atoms with van der Waals surface area (Å²) in [6.07, 6.45) is 4.53. The van der Waals surface area contributed by atoms with Crippen molar-refractivity contribution in [1.29, 1.82) is 0 Å². The molecule has 0 saturated heterocycles. The van der Waals surface area contributed by atoms with Gasteiger partial charge >= 0.3 is 5.97 Å². The second-order valence-electron chi connectivity index (χ2n) is 2.56. The number of carboxylic acids is 1. The molecule has 2 rings (SSSR count). The Kier molecular flexibility index (Phi) is 1.94. The second kappa shape index (κ2) is 3.25. The van der Waals surface area contributed by atoms with Crippen LogP contribution in [0.5, 0.6) is 0 Å². The maximum absolute atomic E-state index is 10.5. The molecule has 1 N–H and O–H groups in total. The molecule has 6 heteroatoms. The van der Waals surface area contributed by atoms with Gasteiger partial charge in [0, 0.05) is 6.20 Å². The SMILES string of the molecule is O=C(O)c1cn(-c2cccnc2)nn1. The first-order chi connectivity index (χ1) is 6.77. The lowest BCUT2D eigenvalue weighted by Gasteiger charge is -1.95. The van der Waals surface area contributed by atoms with E-state index >= 15 is 0 Å². The molecule has 0 aliphatic heterocycles. The minimum Gasteiger partial charge on any atom is -0.476 e. The molecule has 6 nitrogen and oxygen atoms in total. The Morgan fingerprint density at radius 1 is 1.50 bits per heavy atom. The Labute approximate surface area is 78.8 Å². The van der Waals surface area contributed by atoms with Crippen molar-refractivity contribution in [2.24, 2.45) is 0 Å². The van der Waals surface area contributed by atoms with Crippen LogP contribution in [0.15, 0.2) is 30.7 Å². The standard InChI is InChI=1S/C8H6N4O2/c13-8(14)7-5-12(11-10-7)6-2-1-3-9-4-6/h1-5H,(H,13,14). The van der Waals surface area contributed by atoms with Gasteiger partial charge in [-0.3, -0.25) is 4.98 Å². The van der Waals surface area contributed by atoms with Crippen molar-refractivity contribution < 1.29 is 9.90 Å². The molecule has 0 atom stereocenters. The van der Waals surface area contributed by atoms with Gasteiger partial charge in [-0.2, -0.15) is 0 Å². The molecule has 2 aromatic rings. The molecule has 0 amide bonds.